The first-order valence-corrected chi connectivity index (χ1v) is 10.9. The third kappa shape index (κ3) is 3.90. The number of benzene rings is 1. The molecule has 0 amide bonds. The molecule has 0 unspecified atom stereocenters. The number of thiazole rings is 1. The van der Waals surface area contributed by atoms with E-state index in [0.29, 0.717) is 51.8 Å². The molecule has 34 heavy (non-hydrogen) atoms. The van der Waals surface area contributed by atoms with Crippen LogP contribution in [0.3, 0.4) is 0 Å². The SMILES string of the molecule is COc1ccc(CNc2ncc(-c3nc(C(=O)O)cs3)c3nc(-c4ccco4)nn23)cc1OC. The largest absolute Gasteiger partial charge is 0.493 e. The van der Waals surface area contributed by atoms with Gasteiger partial charge in [0.25, 0.3) is 0 Å². The predicted molar refractivity (Wildman–Crippen MR) is 123 cm³/mol. The lowest BCUT2D eigenvalue weighted by atomic mass is 10.2. The van der Waals surface area contributed by atoms with Crippen molar-refractivity contribution in [2.24, 2.45) is 0 Å². The number of methoxy groups -OCH3 is 2. The summed E-state index contributed by atoms with van der Waals surface area (Å²) in [7, 11) is 3.17. The molecule has 0 aliphatic heterocycles. The topological polar surface area (TPSA) is 137 Å². The van der Waals surface area contributed by atoms with Crippen molar-refractivity contribution in [3.05, 3.63) is 59.4 Å². The number of aromatic carboxylic acids is 1. The Morgan fingerprint density at radius 3 is 2.76 bits per heavy atom. The molecule has 0 fully saturated rings. The van der Waals surface area contributed by atoms with Crippen molar-refractivity contribution in [2.75, 3.05) is 19.5 Å². The second-order valence-electron chi connectivity index (χ2n) is 7.03. The van der Waals surface area contributed by atoms with Crippen LogP contribution in [0.25, 0.3) is 27.8 Å². The average molecular weight is 478 g/mol. The van der Waals surface area contributed by atoms with E-state index in [1.165, 1.54) is 23.0 Å². The molecule has 0 saturated carbocycles. The molecule has 4 aromatic heterocycles. The van der Waals surface area contributed by atoms with E-state index in [9.17, 15) is 9.90 Å². The van der Waals surface area contributed by atoms with Gasteiger partial charge in [-0.05, 0) is 29.8 Å². The summed E-state index contributed by atoms with van der Waals surface area (Å²) < 4.78 is 17.7. The molecule has 5 aromatic rings. The summed E-state index contributed by atoms with van der Waals surface area (Å²) in [5.74, 6) is 1.45. The van der Waals surface area contributed by atoms with E-state index in [1.54, 1.807) is 37.1 Å². The highest BCUT2D eigenvalue weighted by molar-refractivity contribution is 7.13. The van der Waals surface area contributed by atoms with Crippen molar-refractivity contribution < 1.29 is 23.8 Å². The van der Waals surface area contributed by atoms with Gasteiger partial charge in [-0.2, -0.15) is 4.52 Å². The van der Waals surface area contributed by atoms with E-state index in [1.807, 2.05) is 18.2 Å². The molecular weight excluding hydrogens is 460 g/mol. The van der Waals surface area contributed by atoms with Crippen LogP contribution in [0.2, 0.25) is 0 Å². The van der Waals surface area contributed by atoms with E-state index >= 15 is 0 Å². The highest BCUT2D eigenvalue weighted by atomic mass is 32.1. The van der Waals surface area contributed by atoms with Gasteiger partial charge >= 0.3 is 5.97 Å². The number of fused-ring (bicyclic) bond motifs is 1. The predicted octanol–water partition coefficient (Wildman–Crippen LogP) is 3.84. The number of rotatable bonds is 8. The van der Waals surface area contributed by atoms with Gasteiger partial charge in [0.1, 0.15) is 5.01 Å². The van der Waals surface area contributed by atoms with E-state index in [0.717, 1.165) is 5.56 Å². The van der Waals surface area contributed by atoms with Crippen LogP contribution in [-0.2, 0) is 6.54 Å². The van der Waals surface area contributed by atoms with Crippen LogP contribution in [0.4, 0.5) is 5.95 Å². The van der Waals surface area contributed by atoms with Gasteiger partial charge in [-0.15, -0.1) is 16.4 Å². The van der Waals surface area contributed by atoms with Gasteiger partial charge in [0.05, 0.1) is 26.0 Å². The highest BCUT2D eigenvalue weighted by Gasteiger charge is 2.20. The fourth-order valence-electron chi connectivity index (χ4n) is 3.32. The number of nitrogens with one attached hydrogen (secondary N) is 1. The van der Waals surface area contributed by atoms with Crippen LogP contribution < -0.4 is 14.8 Å². The third-order valence-electron chi connectivity index (χ3n) is 4.96. The number of furan rings is 1. The molecular formula is C22H18N6O5S. The Kier molecular flexibility index (Phi) is 5.55. The number of hydrogen-bond acceptors (Lipinski definition) is 10. The van der Waals surface area contributed by atoms with E-state index in [2.05, 4.69) is 25.4 Å². The molecule has 0 saturated heterocycles. The lowest BCUT2D eigenvalue weighted by Crippen LogP contribution is -2.08. The van der Waals surface area contributed by atoms with Crippen LogP contribution in [0, 0.1) is 0 Å². The van der Waals surface area contributed by atoms with Gasteiger partial charge in [-0.25, -0.2) is 19.7 Å². The van der Waals surface area contributed by atoms with Crippen molar-refractivity contribution in [3.8, 4) is 33.7 Å². The molecule has 172 valence electrons. The smallest absolute Gasteiger partial charge is 0.355 e. The standard InChI is InChI=1S/C22H18N6O5S/c1-31-15-6-5-12(8-17(15)32-2)9-23-22-24-10-13(20-25-14(11-34-20)21(29)30)19-26-18(27-28(19)22)16-4-3-7-33-16/h3-8,10-11H,9H2,1-2H3,(H,23,24)(H,29,30). The van der Waals surface area contributed by atoms with Crippen molar-refractivity contribution >= 4 is 28.9 Å². The maximum Gasteiger partial charge on any atom is 0.355 e. The van der Waals surface area contributed by atoms with E-state index in [-0.39, 0.29) is 5.69 Å². The van der Waals surface area contributed by atoms with Crippen LogP contribution in [0.15, 0.2) is 52.6 Å². The lowest BCUT2D eigenvalue weighted by Gasteiger charge is -2.11. The molecule has 5 rings (SSSR count). The number of aromatic nitrogens is 5. The fourth-order valence-corrected chi connectivity index (χ4v) is 4.12. The Bertz CT molecular complexity index is 1480. The molecule has 0 aliphatic rings. The minimum Gasteiger partial charge on any atom is -0.493 e. The Balaban J connectivity index is 1.54. The first-order chi connectivity index (χ1) is 16.6. The number of nitrogens with zero attached hydrogens (tertiary/aromatic N) is 5. The van der Waals surface area contributed by atoms with Crippen LogP contribution in [-0.4, -0.2) is 49.9 Å². The number of carboxylic acids is 1. The fraction of sp³-hybridized carbons (Fsp3) is 0.136. The normalized spacial score (nSPS) is 11.0. The lowest BCUT2D eigenvalue weighted by molar-refractivity contribution is 0.0691. The van der Waals surface area contributed by atoms with Crippen LogP contribution in [0.1, 0.15) is 16.1 Å². The van der Waals surface area contributed by atoms with Gasteiger partial charge < -0.3 is 24.3 Å². The summed E-state index contributed by atoms with van der Waals surface area (Å²) >= 11 is 1.19. The molecule has 0 aliphatic carbocycles. The molecule has 0 bridgehead atoms. The Morgan fingerprint density at radius 2 is 2.06 bits per heavy atom. The number of ether oxygens (including phenoxy) is 2. The Hall–Kier alpha value is -4.45. The Labute approximate surface area is 196 Å². The quantitative estimate of drug-likeness (QED) is 0.338. The number of carbonyl (C=O) groups is 1. The average Bonchev–Trinajstić information content (AvgIpc) is 3.62. The second kappa shape index (κ2) is 8.83. The summed E-state index contributed by atoms with van der Waals surface area (Å²) in [6.07, 6.45) is 3.13. The summed E-state index contributed by atoms with van der Waals surface area (Å²) in [6.45, 7) is 0.429. The Morgan fingerprint density at radius 1 is 1.21 bits per heavy atom. The molecule has 0 spiro atoms. The van der Waals surface area contributed by atoms with Crippen molar-refractivity contribution in [3.63, 3.8) is 0 Å². The van der Waals surface area contributed by atoms with Gasteiger partial charge in [-0.1, -0.05) is 6.07 Å². The van der Waals surface area contributed by atoms with Crippen molar-refractivity contribution in [1.82, 2.24) is 24.6 Å². The van der Waals surface area contributed by atoms with Crippen molar-refractivity contribution in [1.29, 1.82) is 0 Å². The molecule has 0 atom stereocenters. The van der Waals surface area contributed by atoms with Crippen molar-refractivity contribution in [2.45, 2.75) is 6.54 Å². The maximum absolute atomic E-state index is 11.3. The zero-order valence-electron chi connectivity index (χ0n) is 18.1. The summed E-state index contributed by atoms with van der Waals surface area (Å²) in [4.78, 5) is 24.6. The zero-order valence-corrected chi connectivity index (χ0v) is 18.9. The molecule has 4 heterocycles. The summed E-state index contributed by atoms with van der Waals surface area (Å²) in [6, 6.07) is 9.12. The summed E-state index contributed by atoms with van der Waals surface area (Å²) in [5, 5.41) is 19.0. The van der Waals surface area contributed by atoms with Gasteiger partial charge in [0, 0.05) is 18.1 Å². The minimum atomic E-state index is -1.10. The first kappa shape index (κ1) is 21.4. The first-order valence-electron chi connectivity index (χ1n) is 10.0. The maximum atomic E-state index is 11.3. The van der Waals surface area contributed by atoms with Crippen LogP contribution in [0.5, 0.6) is 11.5 Å². The minimum absolute atomic E-state index is 0.0421. The summed E-state index contributed by atoms with van der Waals surface area (Å²) in [5.41, 5.74) is 1.91. The molecule has 12 heteroatoms. The number of anilines is 1. The zero-order chi connectivity index (χ0) is 23.7. The monoisotopic (exact) mass is 478 g/mol. The van der Waals surface area contributed by atoms with E-state index < -0.39 is 5.97 Å². The molecule has 0 radical (unpaired) electrons. The highest BCUT2D eigenvalue weighted by Crippen LogP contribution is 2.31. The molecule has 11 nitrogen and oxygen atoms in total. The number of hydrogen-bond donors (Lipinski definition) is 2. The third-order valence-corrected chi connectivity index (χ3v) is 5.83. The molecule has 1 aromatic carbocycles. The van der Waals surface area contributed by atoms with Gasteiger partial charge in [0.2, 0.25) is 11.8 Å². The second-order valence-corrected chi connectivity index (χ2v) is 7.89. The van der Waals surface area contributed by atoms with Gasteiger partial charge in [-0.3, -0.25) is 0 Å². The van der Waals surface area contributed by atoms with E-state index in [4.69, 9.17) is 13.9 Å². The molecule has 2 N–H and O–H groups in total. The van der Waals surface area contributed by atoms with Crippen LogP contribution >= 0.6 is 11.3 Å². The number of carboxylic acid groups (broad SMARTS) is 1. The van der Waals surface area contributed by atoms with Gasteiger partial charge in [0.15, 0.2) is 28.6 Å².